The van der Waals surface area contributed by atoms with Crippen molar-refractivity contribution < 1.29 is 9.90 Å². The van der Waals surface area contributed by atoms with Crippen LogP contribution in [0.4, 0.5) is 0 Å². The van der Waals surface area contributed by atoms with Gasteiger partial charge in [-0.15, -0.1) is 22.7 Å². The number of aliphatic carboxylic acids is 1. The number of carboxylic acid groups (broad SMARTS) is 1. The van der Waals surface area contributed by atoms with Crippen LogP contribution in [0.15, 0.2) is 22.3 Å². The van der Waals surface area contributed by atoms with Crippen LogP contribution in [0.1, 0.15) is 37.4 Å². The maximum Gasteiger partial charge on any atom is 0.303 e. The summed E-state index contributed by atoms with van der Waals surface area (Å²) in [7, 11) is 0. The van der Waals surface area contributed by atoms with E-state index in [2.05, 4.69) is 6.92 Å². The van der Waals surface area contributed by atoms with Gasteiger partial charge in [0, 0.05) is 34.7 Å². The Bertz CT molecular complexity index is 955. The molecule has 0 atom stereocenters. The highest BCUT2D eigenvalue weighted by Crippen LogP contribution is 2.38. The zero-order valence-electron chi connectivity index (χ0n) is 14.2. The number of nitrogens with zero attached hydrogens (tertiary/aromatic N) is 2. The molecule has 7 heteroatoms. The second-order valence-corrected chi connectivity index (χ2v) is 7.78. The molecule has 3 heterocycles. The van der Waals surface area contributed by atoms with Gasteiger partial charge in [-0.05, 0) is 24.3 Å². The van der Waals surface area contributed by atoms with E-state index < -0.39 is 5.97 Å². The molecule has 0 fully saturated rings. The van der Waals surface area contributed by atoms with Crippen LogP contribution in [0, 0.1) is 0 Å². The lowest BCUT2D eigenvalue weighted by Gasteiger charge is -2.11. The number of fused-ring (bicyclic) bond motifs is 1. The van der Waals surface area contributed by atoms with Gasteiger partial charge in [0.25, 0.3) is 5.56 Å². The van der Waals surface area contributed by atoms with Crippen molar-refractivity contribution in [3.63, 3.8) is 0 Å². The Labute approximate surface area is 153 Å². The fraction of sp³-hybridized carbons (Fsp3) is 0.389. The molecule has 0 bridgehead atoms. The van der Waals surface area contributed by atoms with Crippen molar-refractivity contribution in [1.29, 1.82) is 0 Å². The zero-order valence-corrected chi connectivity index (χ0v) is 15.9. The van der Waals surface area contributed by atoms with Crippen molar-refractivity contribution in [1.82, 2.24) is 9.55 Å². The van der Waals surface area contributed by atoms with Gasteiger partial charge in [-0.2, -0.15) is 0 Å². The standard InChI is InChI=1S/C18H20N2O3S2/c1-3-11-15(12-7-6-10-24-12)16-17(25-11)19-13(4-2)20(18(16)23)9-5-8-14(21)22/h6-7,10H,3-5,8-9H2,1-2H3,(H,21,22). The largest absolute Gasteiger partial charge is 0.481 e. The SMILES string of the molecule is CCc1sc2nc(CC)n(CCCC(=O)O)c(=O)c2c1-c1cccs1. The van der Waals surface area contributed by atoms with E-state index in [0.717, 1.165) is 27.5 Å². The van der Waals surface area contributed by atoms with Gasteiger partial charge < -0.3 is 5.11 Å². The maximum absolute atomic E-state index is 13.2. The second kappa shape index (κ2) is 7.49. The Kier molecular flexibility index (Phi) is 5.34. The highest BCUT2D eigenvalue weighted by molar-refractivity contribution is 7.20. The molecule has 0 saturated carbocycles. The first-order valence-corrected chi connectivity index (χ1v) is 10.1. The number of aromatic nitrogens is 2. The lowest BCUT2D eigenvalue weighted by molar-refractivity contribution is -0.137. The minimum atomic E-state index is -0.844. The van der Waals surface area contributed by atoms with E-state index >= 15 is 0 Å². The van der Waals surface area contributed by atoms with Crippen LogP contribution >= 0.6 is 22.7 Å². The summed E-state index contributed by atoms with van der Waals surface area (Å²) in [5.74, 6) is -0.118. The lowest BCUT2D eigenvalue weighted by Crippen LogP contribution is -2.25. The molecule has 0 aliphatic carbocycles. The molecule has 3 aromatic rings. The Morgan fingerprint density at radius 2 is 2.12 bits per heavy atom. The summed E-state index contributed by atoms with van der Waals surface area (Å²) >= 11 is 3.22. The van der Waals surface area contributed by atoms with E-state index in [1.54, 1.807) is 27.2 Å². The molecule has 3 rings (SSSR count). The van der Waals surface area contributed by atoms with Gasteiger partial charge in [-0.3, -0.25) is 14.2 Å². The van der Waals surface area contributed by atoms with Crippen molar-refractivity contribution >= 4 is 38.9 Å². The summed E-state index contributed by atoms with van der Waals surface area (Å²) in [5.41, 5.74) is 0.955. The van der Waals surface area contributed by atoms with Crippen LogP contribution in [0.2, 0.25) is 0 Å². The highest BCUT2D eigenvalue weighted by Gasteiger charge is 2.20. The molecule has 5 nitrogen and oxygen atoms in total. The van der Waals surface area contributed by atoms with Gasteiger partial charge in [0.2, 0.25) is 0 Å². The maximum atomic E-state index is 13.2. The first-order chi connectivity index (χ1) is 12.1. The number of aryl methyl sites for hydroxylation is 2. The van der Waals surface area contributed by atoms with Crippen LogP contribution in [0.5, 0.6) is 0 Å². The zero-order chi connectivity index (χ0) is 18.0. The van der Waals surface area contributed by atoms with E-state index in [1.165, 1.54) is 4.88 Å². The number of thiophene rings is 2. The molecule has 25 heavy (non-hydrogen) atoms. The monoisotopic (exact) mass is 376 g/mol. The Morgan fingerprint density at radius 3 is 2.72 bits per heavy atom. The second-order valence-electron chi connectivity index (χ2n) is 5.75. The molecule has 0 unspecified atom stereocenters. The summed E-state index contributed by atoms with van der Waals surface area (Å²) < 4.78 is 1.66. The minimum Gasteiger partial charge on any atom is -0.481 e. The molecule has 3 aromatic heterocycles. The van der Waals surface area contributed by atoms with Crippen LogP contribution in [0.3, 0.4) is 0 Å². The molecule has 0 amide bonds. The van der Waals surface area contributed by atoms with Crippen molar-refractivity contribution in [2.24, 2.45) is 0 Å². The van der Waals surface area contributed by atoms with Crippen molar-refractivity contribution in [3.8, 4) is 10.4 Å². The van der Waals surface area contributed by atoms with Crippen molar-refractivity contribution in [2.45, 2.75) is 46.1 Å². The van der Waals surface area contributed by atoms with Gasteiger partial charge >= 0.3 is 5.97 Å². The molecule has 0 aliphatic rings. The van der Waals surface area contributed by atoms with Crippen molar-refractivity contribution in [3.05, 3.63) is 38.6 Å². The molecule has 1 N–H and O–H groups in total. The van der Waals surface area contributed by atoms with E-state index in [-0.39, 0.29) is 12.0 Å². The average Bonchev–Trinajstić information content (AvgIpc) is 3.22. The number of carbonyl (C=O) groups is 1. The van der Waals surface area contributed by atoms with Crippen LogP contribution in [-0.4, -0.2) is 20.6 Å². The third kappa shape index (κ3) is 3.39. The predicted molar refractivity (Wildman–Crippen MR) is 103 cm³/mol. The van der Waals surface area contributed by atoms with E-state index in [0.29, 0.717) is 24.8 Å². The minimum absolute atomic E-state index is 0.0495. The van der Waals surface area contributed by atoms with Crippen LogP contribution in [0.25, 0.3) is 20.7 Å². The van der Waals surface area contributed by atoms with Crippen LogP contribution in [-0.2, 0) is 24.2 Å². The number of carboxylic acids is 1. The fourth-order valence-corrected chi connectivity index (χ4v) is 4.99. The molecule has 0 aromatic carbocycles. The van der Waals surface area contributed by atoms with Gasteiger partial charge in [-0.1, -0.05) is 19.9 Å². The molecule has 0 aliphatic heterocycles. The van der Waals surface area contributed by atoms with Gasteiger partial charge in [0.1, 0.15) is 10.7 Å². The smallest absolute Gasteiger partial charge is 0.303 e. The highest BCUT2D eigenvalue weighted by atomic mass is 32.1. The first kappa shape index (κ1) is 17.8. The molecule has 0 radical (unpaired) electrons. The summed E-state index contributed by atoms with van der Waals surface area (Å²) in [4.78, 5) is 31.8. The number of rotatable bonds is 7. The Morgan fingerprint density at radius 1 is 1.32 bits per heavy atom. The van der Waals surface area contributed by atoms with Gasteiger partial charge in [-0.25, -0.2) is 4.98 Å². The topological polar surface area (TPSA) is 72.2 Å². The average molecular weight is 377 g/mol. The number of hydrogen-bond acceptors (Lipinski definition) is 5. The number of hydrogen-bond donors (Lipinski definition) is 1. The third-order valence-electron chi connectivity index (χ3n) is 4.14. The van der Waals surface area contributed by atoms with Crippen molar-refractivity contribution in [2.75, 3.05) is 0 Å². The van der Waals surface area contributed by atoms with E-state index in [4.69, 9.17) is 10.1 Å². The van der Waals surface area contributed by atoms with Gasteiger partial charge in [0.15, 0.2) is 0 Å². The lowest BCUT2D eigenvalue weighted by atomic mass is 10.1. The summed E-state index contributed by atoms with van der Waals surface area (Å²) in [6.07, 6.45) is 1.98. The Balaban J connectivity index is 2.20. The van der Waals surface area contributed by atoms with Crippen LogP contribution < -0.4 is 5.56 Å². The summed E-state index contributed by atoms with van der Waals surface area (Å²) in [5, 5.41) is 11.6. The molecular formula is C18H20N2O3S2. The quantitative estimate of drug-likeness (QED) is 0.671. The van der Waals surface area contributed by atoms with Gasteiger partial charge in [0.05, 0.1) is 5.39 Å². The summed E-state index contributed by atoms with van der Waals surface area (Å²) in [6, 6.07) is 4.02. The predicted octanol–water partition coefficient (Wildman–Crippen LogP) is 4.18. The molecule has 132 valence electrons. The van der Waals surface area contributed by atoms with E-state index in [1.807, 2.05) is 24.4 Å². The molecule has 0 spiro atoms. The molecule has 0 saturated heterocycles. The summed E-state index contributed by atoms with van der Waals surface area (Å²) in [6.45, 7) is 4.45. The molecular weight excluding hydrogens is 356 g/mol. The fourth-order valence-electron chi connectivity index (χ4n) is 2.99. The van der Waals surface area contributed by atoms with E-state index in [9.17, 15) is 9.59 Å². The third-order valence-corrected chi connectivity index (χ3v) is 6.26. The first-order valence-electron chi connectivity index (χ1n) is 8.37. The Hall–Kier alpha value is -1.99. The normalized spacial score (nSPS) is 11.3.